The number of rotatable bonds is 1. The summed E-state index contributed by atoms with van der Waals surface area (Å²) in [5.41, 5.74) is -9.03. The molecule has 1 aliphatic heterocycles. The lowest BCUT2D eigenvalue weighted by Crippen LogP contribution is -2.59. The van der Waals surface area contributed by atoms with Crippen LogP contribution in [0.25, 0.3) is 0 Å². The molecule has 5 N–H and O–H groups in total. The van der Waals surface area contributed by atoms with Crippen LogP contribution in [0.3, 0.4) is 0 Å². The van der Waals surface area contributed by atoms with E-state index < -0.39 is 45.5 Å². The maximum Gasteiger partial charge on any atom is 0.336 e. The Balaban J connectivity index is 2.24. The minimum atomic E-state index is -2.20. The summed E-state index contributed by atoms with van der Waals surface area (Å²) in [6.45, 7) is 5.77. The van der Waals surface area contributed by atoms with E-state index in [2.05, 4.69) is 0 Å². The second kappa shape index (κ2) is 2.56. The Kier molecular flexibility index (Phi) is 1.79. The largest absolute Gasteiger partial charge is 0.479 e. The van der Waals surface area contributed by atoms with Gasteiger partial charge >= 0.3 is 5.97 Å². The van der Waals surface area contributed by atoms with Gasteiger partial charge in [0, 0.05) is 5.41 Å². The van der Waals surface area contributed by atoms with E-state index in [1.54, 1.807) is 0 Å². The molecule has 0 bridgehead atoms. The van der Waals surface area contributed by atoms with Crippen molar-refractivity contribution in [1.82, 2.24) is 0 Å². The van der Waals surface area contributed by atoms with Crippen LogP contribution < -0.4 is 0 Å². The number of aliphatic carboxylic acids is 1. The molecule has 0 spiro atoms. The fourth-order valence-corrected chi connectivity index (χ4v) is 4.31. The van der Waals surface area contributed by atoms with Crippen LogP contribution in [-0.4, -0.2) is 60.2 Å². The molecule has 7 nitrogen and oxygen atoms in total. The van der Waals surface area contributed by atoms with Gasteiger partial charge in [-0.25, -0.2) is 4.79 Å². The van der Waals surface area contributed by atoms with Gasteiger partial charge in [0.2, 0.25) is 5.79 Å². The van der Waals surface area contributed by atoms with Crippen LogP contribution in [0.1, 0.15) is 27.7 Å². The number of hydrogen-bond donors (Lipinski definition) is 5. The summed E-state index contributed by atoms with van der Waals surface area (Å²) in [5.74, 6) is -3.69. The van der Waals surface area contributed by atoms with Crippen molar-refractivity contribution in [2.75, 3.05) is 0 Å². The van der Waals surface area contributed by atoms with E-state index in [1.807, 2.05) is 0 Å². The molecule has 1 heterocycles. The van der Waals surface area contributed by atoms with Crippen molar-refractivity contribution in [1.29, 1.82) is 0 Å². The Morgan fingerprint density at radius 1 is 0.947 bits per heavy atom. The third-order valence-corrected chi connectivity index (χ3v) is 5.94. The number of carboxylic acid groups (broad SMARTS) is 1. The normalized spacial score (nSPS) is 59.9. The molecule has 3 rings (SSSR count). The van der Waals surface area contributed by atoms with E-state index in [0.29, 0.717) is 0 Å². The van der Waals surface area contributed by atoms with Gasteiger partial charge in [0.05, 0.1) is 5.41 Å². The average molecular weight is 274 g/mol. The smallest absolute Gasteiger partial charge is 0.336 e. The highest BCUT2D eigenvalue weighted by Gasteiger charge is 3.08. The van der Waals surface area contributed by atoms with E-state index in [9.17, 15) is 25.2 Å². The van der Waals surface area contributed by atoms with Gasteiger partial charge in [-0.2, -0.15) is 0 Å². The lowest BCUT2D eigenvalue weighted by molar-refractivity contribution is -0.283. The highest BCUT2D eigenvalue weighted by atomic mass is 16.7. The molecular formula is C12H18O7. The van der Waals surface area contributed by atoms with Crippen LogP contribution >= 0.6 is 0 Å². The van der Waals surface area contributed by atoms with E-state index >= 15 is 0 Å². The van der Waals surface area contributed by atoms with E-state index in [0.717, 1.165) is 0 Å². The summed E-state index contributed by atoms with van der Waals surface area (Å²) in [5, 5.41) is 51.4. The highest BCUT2D eigenvalue weighted by Crippen LogP contribution is 2.86. The Labute approximate surface area is 109 Å². The molecule has 0 aromatic rings. The molecule has 0 aromatic carbocycles. The summed E-state index contributed by atoms with van der Waals surface area (Å²) < 4.78 is 5.08. The topological polar surface area (TPSA) is 127 Å². The molecule has 2 saturated carbocycles. The van der Waals surface area contributed by atoms with Crippen molar-refractivity contribution in [3.8, 4) is 0 Å². The Hall–Kier alpha value is -0.730. The zero-order valence-electron chi connectivity index (χ0n) is 11.1. The lowest BCUT2D eigenvalue weighted by Gasteiger charge is -2.34. The van der Waals surface area contributed by atoms with E-state index in [-0.39, 0.29) is 0 Å². The molecule has 19 heavy (non-hydrogen) atoms. The fourth-order valence-electron chi connectivity index (χ4n) is 4.31. The maximum absolute atomic E-state index is 11.3. The molecule has 2 aliphatic carbocycles. The molecule has 0 amide bonds. The van der Waals surface area contributed by atoms with E-state index in [4.69, 9.17) is 9.84 Å². The molecule has 3 fully saturated rings. The predicted molar refractivity (Wildman–Crippen MR) is 59.9 cm³/mol. The molecule has 5 atom stereocenters. The third kappa shape index (κ3) is 0.750. The van der Waals surface area contributed by atoms with Gasteiger partial charge in [-0.05, 0) is 0 Å². The Bertz CT molecular complexity index is 514. The second-order valence-electron chi connectivity index (χ2n) is 6.92. The fraction of sp³-hybridized carbons (Fsp3) is 0.917. The van der Waals surface area contributed by atoms with Crippen molar-refractivity contribution >= 4 is 5.97 Å². The van der Waals surface area contributed by atoms with Crippen LogP contribution in [0.2, 0.25) is 0 Å². The first-order chi connectivity index (χ1) is 8.29. The minimum Gasteiger partial charge on any atom is -0.479 e. The first-order valence-electron chi connectivity index (χ1n) is 6.09. The standard InChI is InChI=1S/C12H18O7/c1-7(2)9(15)5(6(13)14)19-12(18)8(3,4)11(12,17)10(7,9)16/h5,15-18H,1-4H3,(H,13,14)/t5-,9-,10+,11-,12+/m1/s1. The van der Waals surface area contributed by atoms with E-state index in [1.165, 1.54) is 27.7 Å². The van der Waals surface area contributed by atoms with Crippen LogP contribution in [0.4, 0.5) is 0 Å². The van der Waals surface area contributed by atoms with Gasteiger partial charge in [-0.1, -0.05) is 27.7 Å². The minimum absolute atomic E-state index is 1.29. The van der Waals surface area contributed by atoms with Crippen molar-refractivity contribution in [3.63, 3.8) is 0 Å². The molecule has 0 unspecified atom stereocenters. The van der Waals surface area contributed by atoms with Gasteiger partial charge in [0.1, 0.15) is 11.2 Å². The number of fused-ring (bicyclic) bond motifs is 3. The molecule has 108 valence electrons. The summed E-state index contributed by atoms with van der Waals surface area (Å²) >= 11 is 0. The second-order valence-corrected chi connectivity index (χ2v) is 6.92. The summed E-state index contributed by atoms with van der Waals surface area (Å²) in [6, 6.07) is 0. The van der Waals surface area contributed by atoms with Gasteiger partial charge in [0.15, 0.2) is 11.7 Å². The van der Waals surface area contributed by atoms with Crippen LogP contribution in [0.15, 0.2) is 0 Å². The van der Waals surface area contributed by atoms with Crippen LogP contribution in [0, 0.1) is 10.8 Å². The number of carboxylic acids is 1. The monoisotopic (exact) mass is 274 g/mol. The zero-order valence-corrected chi connectivity index (χ0v) is 11.1. The third-order valence-electron chi connectivity index (χ3n) is 5.94. The number of aliphatic hydroxyl groups is 4. The number of hydrogen-bond acceptors (Lipinski definition) is 6. The van der Waals surface area contributed by atoms with Gasteiger partial charge < -0.3 is 30.3 Å². The van der Waals surface area contributed by atoms with Crippen molar-refractivity contribution in [2.24, 2.45) is 10.8 Å². The Morgan fingerprint density at radius 3 is 1.84 bits per heavy atom. The molecule has 7 heteroatoms. The summed E-state index contributed by atoms with van der Waals surface area (Å²) in [6.07, 6.45) is -1.81. The first kappa shape index (κ1) is 13.3. The SMILES string of the molecule is CC1(C)[C@@]2(O)[C@]3(O)C(C)(C)[C@]3(O)[C@@H](C(=O)O)O[C@@]12O. The zero-order chi connectivity index (χ0) is 14.9. The quantitative estimate of drug-likeness (QED) is 0.391. The van der Waals surface area contributed by atoms with Gasteiger partial charge in [-0.15, -0.1) is 0 Å². The molecule has 0 radical (unpaired) electrons. The van der Waals surface area contributed by atoms with Crippen molar-refractivity contribution in [3.05, 3.63) is 0 Å². The first-order valence-corrected chi connectivity index (χ1v) is 6.09. The molecular weight excluding hydrogens is 256 g/mol. The summed E-state index contributed by atoms with van der Waals surface area (Å²) in [7, 11) is 0. The molecule has 3 aliphatic rings. The number of carbonyl (C=O) groups is 1. The predicted octanol–water partition coefficient (Wildman–Crippen LogP) is -1.57. The molecule has 1 saturated heterocycles. The average Bonchev–Trinajstić information content (AvgIpc) is 2.81. The maximum atomic E-state index is 11.3. The van der Waals surface area contributed by atoms with Crippen molar-refractivity contribution in [2.45, 2.75) is 56.4 Å². The highest BCUT2D eigenvalue weighted by molar-refractivity contribution is 5.79. The number of ether oxygens (including phenoxy) is 1. The summed E-state index contributed by atoms with van der Waals surface area (Å²) in [4.78, 5) is 11.3. The van der Waals surface area contributed by atoms with Crippen LogP contribution in [0.5, 0.6) is 0 Å². The van der Waals surface area contributed by atoms with Crippen molar-refractivity contribution < 1.29 is 35.1 Å². The van der Waals surface area contributed by atoms with Gasteiger partial charge in [-0.3, -0.25) is 0 Å². The Morgan fingerprint density at radius 2 is 1.42 bits per heavy atom. The molecule has 0 aromatic heterocycles. The van der Waals surface area contributed by atoms with Gasteiger partial charge in [0.25, 0.3) is 0 Å². The lowest BCUT2D eigenvalue weighted by atomic mass is 9.93. The van der Waals surface area contributed by atoms with Crippen LogP contribution in [-0.2, 0) is 9.53 Å².